The first-order valence-electron chi connectivity index (χ1n) is 7.06. The Labute approximate surface area is 128 Å². The van der Waals surface area contributed by atoms with Gasteiger partial charge in [-0.2, -0.15) is 0 Å². The molecule has 0 atom stereocenters. The SMILES string of the molecule is CN(C)CCc1c(-c2ccccc2)sc2ccc(F)cc12. The van der Waals surface area contributed by atoms with Crippen LogP contribution in [-0.2, 0) is 6.42 Å². The molecule has 1 nitrogen and oxygen atoms in total. The first kappa shape index (κ1) is 14.2. The fourth-order valence-electron chi connectivity index (χ4n) is 2.53. The molecule has 0 spiro atoms. The molecule has 0 aliphatic rings. The summed E-state index contributed by atoms with van der Waals surface area (Å²) in [4.78, 5) is 3.43. The molecule has 0 radical (unpaired) electrons. The van der Waals surface area contributed by atoms with E-state index < -0.39 is 0 Å². The number of thiophene rings is 1. The fraction of sp³-hybridized carbons (Fsp3) is 0.222. The minimum Gasteiger partial charge on any atom is -0.309 e. The van der Waals surface area contributed by atoms with Gasteiger partial charge in [0.2, 0.25) is 0 Å². The van der Waals surface area contributed by atoms with Gasteiger partial charge >= 0.3 is 0 Å². The molecule has 0 saturated heterocycles. The summed E-state index contributed by atoms with van der Waals surface area (Å²) in [6, 6.07) is 15.5. The lowest BCUT2D eigenvalue weighted by Crippen LogP contribution is -2.15. The Morgan fingerprint density at radius 1 is 1.05 bits per heavy atom. The first-order valence-corrected chi connectivity index (χ1v) is 7.88. The molecule has 3 aromatic rings. The van der Waals surface area contributed by atoms with Gasteiger partial charge in [-0.25, -0.2) is 4.39 Å². The van der Waals surface area contributed by atoms with Crippen LogP contribution in [0.25, 0.3) is 20.5 Å². The predicted octanol–water partition coefficient (Wildman–Crippen LogP) is 4.81. The molecule has 108 valence electrons. The number of benzene rings is 2. The lowest BCUT2D eigenvalue weighted by atomic mass is 10.0. The third-order valence-electron chi connectivity index (χ3n) is 3.60. The molecule has 1 aromatic heterocycles. The zero-order chi connectivity index (χ0) is 14.8. The van der Waals surface area contributed by atoms with E-state index in [1.54, 1.807) is 23.5 Å². The number of likely N-dealkylation sites (N-methyl/N-ethyl adjacent to an activating group) is 1. The van der Waals surface area contributed by atoms with Crippen LogP contribution in [0.1, 0.15) is 5.56 Å². The molecule has 0 aliphatic heterocycles. The number of hydrogen-bond donors (Lipinski definition) is 0. The average Bonchev–Trinajstić information content (AvgIpc) is 2.84. The van der Waals surface area contributed by atoms with E-state index in [9.17, 15) is 4.39 Å². The van der Waals surface area contributed by atoms with Crippen molar-refractivity contribution in [2.45, 2.75) is 6.42 Å². The Balaban J connectivity index is 2.16. The lowest BCUT2D eigenvalue weighted by molar-refractivity contribution is 0.414. The lowest BCUT2D eigenvalue weighted by Gasteiger charge is -2.10. The molecule has 0 N–H and O–H groups in total. The molecule has 0 amide bonds. The summed E-state index contributed by atoms with van der Waals surface area (Å²) < 4.78 is 14.8. The highest BCUT2D eigenvalue weighted by Gasteiger charge is 2.14. The fourth-order valence-corrected chi connectivity index (χ4v) is 3.76. The van der Waals surface area contributed by atoms with Crippen LogP contribution in [0.3, 0.4) is 0 Å². The number of rotatable bonds is 4. The maximum absolute atomic E-state index is 13.6. The second kappa shape index (κ2) is 5.96. The van der Waals surface area contributed by atoms with E-state index in [1.807, 2.05) is 12.1 Å². The van der Waals surface area contributed by atoms with Crippen molar-refractivity contribution < 1.29 is 4.39 Å². The van der Waals surface area contributed by atoms with Crippen molar-refractivity contribution in [2.24, 2.45) is 0 Å². The van der Waals surface area contributed by atoms with Crippen LogP contribution in [0.15, 0.2) is 48.5 Å². The monoisotopic (exact) mass is 299 g/mol. The highest BCUT2D eigenvalue weighted by atomic mass is 32.1. The van der Waals surface area contributed by atoms with Gasteiger partial charge < -0.3 is 4.90 Å². The summed E-state index contributed by atoms with van der Waals surface area (Å²) in [6.45, 7) is 0.960. The topological polar surface area (TPSA) is 3.24 Å². The van der Waals surface area contributed by atoms with Gasteiger partial charge in [0.05, 0.1) is 0 Å². The summed E-state index contributed by atoms with van der Waals surface area (Å²) in [5, 5.41) is 1.06. The van der Waals surface area contributed by atoms with E-state index in [2.05, 4.69) is 43.3 Å². The van der Waals surface area contributed by atoms with Crippen LogP contribution in [-0.4, -0.2) is 25.5 Å². The molecule has 0 bridgehead atoms. The van der Waals surface area contributed by atoms with Crippen molar-refractivity contribution in [1.29, 1.82) is 0 Å². The van der Waals surface area contributed by atoms with Crippen molar-refractivity contribution in [2.75, 3.05) is 20.6 Å². The van der Waals surface area contributed by atoms with Crippen molar-refractivity contribution in [1.82, 2.24) is 4.90 Å². The minimum atomic E-state index is -0.161. The Kier molecular flexibility index (Phi) is 4.04. The molecular weight excluding hydrogens is 281 g/mol. The van der Waals surface area contributed by atoms with Crippen LogP contribution in [0.2, 0.25) is 0 Å². The molecule has 0 fully saturated rings. The summed E-state index contributed by atoms with van der Waals surface area (Å²) in [5.74, 6) is -0.161. The largest absolute Gasteiger partial charge is 0.309 e. The molecule has 0 saturated carbocycles. The minimum absolute atomic E-state index is 0.161. The first-order chi connectivity index (χ1) is 10.1. The maximum atomic E-state index is 13.6. The molecule has 21 heavy (non-hydrogen) atoms. The Morgan fingerprint density at radius 2 is 1.81 bits per heavy atom. The summed E-state index contributed by atoms with van der Waals surface area (Å²) in [7, 11) is 4.13. The van der Waals surface area contributed by atoms with Gasteiger partial charge in [-0.15, -0.1) is 11.3 Å². The summed E-state index contributed by atoms with van der Waals surface area (Å²) in [5.41, 5.74) is 2.47. The standard InChI is InChI=1S/C18H18FNS/c1-20(2)11-10-15-16-12-14(19)8-9-17(16)21-18(15)13-6-4-3-5-7-13/h3-9,12H,10-11H2,1-2H3. The highest BCUT2D eigenvalue weighted by molar-refractivity contribution is 7.22. The second-order valence-electron chi connectivity index (χ2n) is 5.47. The van der Waals surface area contributed by atoms with Gasteiger partial charge in [0.25, 0.3) is 0 Å². The molecule has 3 rings (SSSR count). The number of nitrogens with zero attached hydrogens (tertiary/aromatic N) is 1. The third-order valence-corrected chi connectivity index (χ3v) is 4.86. The Morgan fingerprint density at radius 3 is 2.52 bits per heavy atom. The van der Waals surface area contributed by atoms with Crippen LogP contribution < -0.4 is 0 Å². The Hall–Kier alpha value is -1.71. The summed E-state index contributed by atoms with van der Waals surface area (Å²) in [6.07, 6.45) is 0.931. The van der Waals surface area contributed by atoms with Crippen LogP contribution in [0.5, 0.6) is 0 Å². The van der Waals surface area contributed by atoms with Gasteiger partial charge in [0.1, 0.15) is 5.82 Å². The highest BCUT2D eigenvalue weighted by Crippen LogP contribution is 2.39. The third kappa shape index (κ3) is 2.99. The van der Waals surface area contributed by atoms with Crippen molar-refractivity contribution in [3.63, 3.8) is 0 Å². The van der Waals surface area contributed by atoms with E-state index >= 15 is 0 Å². The Bertz CT molecular complexity index is 747. The second-order valence-corrected chi connectivity index (χ2v) is 6.52. The molecule has 2 aromatic carbocycles. The van der Waals surface area contributed by atoms with Gasteiger partial charge in [-0.3, -0.25) is 0 Å². The van der Waals surface area contributed by atoms with Gasteiger partial charge in [0, 0.05) is 16.1 Å². The van der Waals surface area contributed by atoms with Crippen molar-refractivity contribution >= 4 is 21.4 Å². The van der Waals surface area contributed by atoms with Crippen LogP contribution >= 0.6 is 11.3 Å². The smallest absolute Gasteiger partial charge is 0.123 e. The quantitative estimate of drug-likeness (QED) is 0.668. The van der Waals surface area contributed by atoms with Crippen molar-refractivity contribution in [3.05, 3.63) is 59.9 Å². The molecule has 0 unspecified atom stereocenters. The number of halogens is 1. The number of fused-ring (bicyclic) bond motifs is 1. The van der Waals surface area contributed by atoms with Gasteiger partial charge in [-0.05, 0) is 55.2 Å². The molecule has 1 heterocycles. The zero-order valence-electron chi connectivity index (χ0n) is 12.3. The zero-order valence-corrected chi connectivity index (χ0v) is 13.1. The van der Waals surface area contributed by atoms with Crippen molar-refractivity contribution in [3.8, 4) is 10.4 Å². The molecule has 3 heteroatoms. The average molecular weight is 299 g/mol. The summed E-state index contributed by atoms with van der Waals surface area (Å²) >= 11 is 1.75. The van der Waals surface area contributed by atoms with Gasteiger partial charge in [0.15, 0.2) is 0 Å². The normalized spacial score (nSPS) is 11.4. The molecular formula is C18H18FNS. The maximum Gasteiger partial charge on any atom is 0.123 e. The van der Waals surface area contributed by atoms with Gasteiger partial charge in [-0.1, -0.05) is 30.3 Å². The van der Waals surface area contributed by atoms with E-state index in [4.69, 9.17) is 0 Å². The van der Waals surface area contributed by atoms with Crippen LogP contribution in [0.4, 0.5) is 4.39 Å². The van der Waals surface area contributed by atoms with E-state index in [-0.39, 0.29) is 5.82 Å². The van der Waals surface area contributed by atoms with Crippen LogP contribution in [0, 0.1) is 5.82 Å². The van der Waals surface area contributed by atoms with E-state index in [0.29, 0.717) is 0 Å². The molecule has 0 aliphatic carbocycles. The predicted molar refractivity (Wildman–Crippen MR) is 89.5 cm³/mol. The number of hydrogen-bond acceptors (Lipinski definition) is 2. The van der Waals surface area contributed by atoms with E-state index in [1.165, 1.54) is 16.0 Å². The van der Waals surface area contributed by atoms with E-state index in [0.717, 1.165) is 23.1 Å².